The number of fused-ring (bicyclic) bond motifs is 1. The van der Waals surface area contributed by atoms with Crippen LogP contribution in [0.4, 0.5) is 0 Å². The highest BCUT2D eigenvalue weighted by Crippen LogP contribution is 2.58. The zero-order valence-electron chi connectivity index (χ0n) is 11.9. The number of nitrogens with one attached hydrogen (secondary N) is 1. The first-order valence-electron chi connectivity index (χ1n) is 7.76. The largest absolute Gasteiger partial charge is 0.295 e. The lowest BCUT2D eigenvalue weighted by molar-refractivity contribution is 0.278. The van der Waals surface area contributed by atoms with Crippen LogP contribution >= 0.6 is 8.07 Å². The van der Waals surface area contributed by atoms with Gasteiger partial charge in [0, 0.05) is 0 Å². The normalized spacial score (nSPS) is 42.2. The average molecular weight is 255 g/mol. The fourth-order valence-electron chi connectivity index (χ4n) is 3.73. The van der Waals surface area contributed by atoms with Crippen molar-refractivity contribution in [3.05, 3.63) is 0 Å². The van der Waals surface area contributed by atoms with E-state index in [4.69, 9.17) is 0 Å². The fourth-order valence-corrected chi connectivity index (χ4v) is 7.12. The Morgan fingerprint density at radius 3 is 2.71 bits per heavy atom. The van der Waals surface area contributed by atoms with Crippen molar-refractivity contribution in [3.8, 4) is 0 Å². The van der Waals surface area contributed by atoms with Crippen LogP contribution in [0, 0.1) is 11.8 Å². The third-order valence-electron chi connectivity index (χ3n) is 4.99. The number of rotatable bonds is 4. The summed E-state index contributed by atoms with van der Waals surface area (Å²) >= 11 is 0. The van der Waals surface area contributed by atoms with E-state index in [2.05, 4.69) is 25.9 Å². The van der Waals surface area contributed by atoms with Gasteiger partial charge in [0.1, 0.15) is 0 Å². The van der Waals surface area contributed by atoms with Gasteiger partial charge in [0.2, 0.25) is 0 Å². The van der Waals surface area contributed by atoms with E-state index in [-0.39, 0.29) is 8.07 Å². The minimum absolute atomic E-state index is 0.109. The highest BCUT2D eigenvalue weighted by atomic mass is 31.1. The molecule has 100 valence electrons. The molecule has 2 rings (SSSR count). The Morgan fingerprint density at radius 2 is 1.94 bits per heavy atom. The van der Waals surface area contributed by atoms with Gasteiger partial charge in [-0.1, -0.05) is 40.0 Å². The Hall–Kier alpha value is 0.390. The van der Waals surface area contributed by atoms with E-state index in [1.807, 2.05) is 0 Å². The highest BCUT2D eigenvalue weighted by molar-refractivity contribution is 7.57. The van der Waals surface area contributed by atoms with Gasteiger partial charge in [-0.2, -0.15) is 0 Å². The van der Waals surface area contributed by atoms with Gasteiger partial charge in [0.05, 0.1) is 0 Å². The topological polar surface area (TPSA) is 12.0 Å². The summed E-state index contributed by atoms with van der Waals surface area (Å²) in [5.74, 6) is 2.02. The Labute approximate surface area is 109 Å². The second-order valence-electron chi connectivity index (χ2n) is 6.23. The van der Waals surface area contributed by atoms with Crippen molar-refractivity contribution >= 4 is 8.07 Å². The first-order chi connectivity index (χ1) is 8.24. The Balaban J connectivity index is 1.97. The minimum atomic E-state index is 0.109. The van der Waals surface area contributed by atoms with Crippen molar-refractivity contribution in [1.29, 1.82) is 0 Å². The van der Waals surface area contributed by atoms with Gasteiger partial charge in [0.25, 0.3) is 0 Å². The monoisotopic (exact) mass is 255 g/mol. The first-order valence-corrected chi connectivity index (χ1v) is 9.24. The third-order valence-corrected chi connectivity index (χ3v) is 8.36. The molecule has 2 heteroatoms. The van der Waals surface area contributed by atoms with Crippen molar-refractivity contribution in [3.63, 3.8) is 0 Å². The predicted molar refractivity (Wildman–Crippen MR) is 78.8 cm³/mol. The molecule has 1 aliphatic heterocycles. The van der Waals surface area contributed by atoms with E-state index >= 15 is 0 Å². The maximum absolute atomic E-state index is 3.97. The summed E-state index contributed by atoms with van der Waals surface area (Å²) in [6.07, 6.45) is 10.2. The second kappa shape index (κ2) is 6.53. The number of unbranched alkanes of at least 4 members (excludes halogenated alkanes) is 1. The lowest BCUT2D eigenvalue weighted by Gasteiger charge is -2.48. The smallest absolute Gasteiger partial charge is 0.000989 e. The van der Waals surface area contributed by atoms with Gasteiger partial charge >= 0.3 is 0 Å². The molecule has 1 saturated heterocycles. The van der Waals surface area contributed by atoms with Gasteiger partial charge in [-0.25, -0.2) is 0 Å². The van der Waals surface area contributed by atoms with Crippen molar-refractivity contribution in [1.82, 2.24) is 5.09 Å². The first kappa shape index (κ1) is 13.8. The lowest BCUT2D eigenvalue weighted by Crippen LogP contribution is -2.40. The maximum atomic E-state index is 3.97. The number of hydrogen-bond donors (Lipinski definition) is 1. The summed E-state index contributed by atoms with van der Waals surface area (Å²) in [7, 11) is 0.109. The van der Waals surface area contributed by atoms with Crippen LogP contribution in [0.1, 0.15) is 65.7 Å². The van der Waals surface area contributed by atoms with E-state index in [1.165, 1.54) is 51.5 Å². The maximum Gasteiger partial charge on any atom is -0.000989 e. The molecule has 0 amide bonds. The Bertz CT molecular complexity index is 231. The van der Waals surface area contributed by atoms with Gasteiger partial charge < -0.3 is 0 Å². The van der Waals surface area contributed by atoms with Gasteiger partial charge in [-0.3, -0.25) is 5.09 Å². The predicted octanol–water partition coefficient (Wildman–Crippen LogP) is 4.76. The molecule has 2 aliphatic rings. The molecule has 5 atom stereocenters. The molecule has 1 saturated carbocycles. The van der Waals surface area contributed by atoms with E-state index in [9.17, 15) is 0 Å². The van der Waals surface area contributed by atoms with E-state index in [0.29, 0.717) is 0 Å². The van der Waals surface area contributed by atoms with E-state index in [1.54, 1.807) is 0 Å². The van der Waals surface area contributed by atoms with Gasteiger partial charge in [0.15, 0.2) is 0 Å². The molecule has 0 aromatic rings. The molecule has 1 N–H and O–H groups in total. The highest BCUT2D eigenvalue weighted by Gasteiger charge is 2.41. The second-order valence-corrected chi connectivity index (χ2v) is 8.84. The molecule has 4 unspecified atom stereocenters. The van der Waals surface area contributed by atoms with Crippen LogP contribution in [0.5, 0.6) is 0 Å². The molecule has 2 fully saturated rings. The van der Waals surface area contributed by atoms with Crippen LogP contribution in [-0.4, -0.2) is 17.9 Å². The molecular weight excluding hydrogens is 225 g/mol. The molecule has 0 aromatic carbocycles. The standard InChI is InChI=1S/C15H30NP/c1-4-5-10-16-17-13(3)12(2)11-14-8-6-7-9-15(14)17/h12-16H,4-11H2,1-3H3/t12?,13-,14?,15?,17?/m0/s1. The fraction of sp³-hybridized carbons (Fsp3) is 1.00. The molecule has 0 aromatic heterocycles. The van der Waals surface area contributed by atoms with Crippen molar-refractivity contribution in [2.45, 2.75) is 77.0 Å². The third kappa shape index (κ3) is 3.24. The zero-order valence-corrected chi connectivity index (χ0v) is 12.8. The van der Waals surface area contributed by atoms with E-state index in [0.717, 1.165) is 23.2 Å². The summed E-state index contributed by atoms with van der Waals surface area (Å²) in [5.41, 5.74) is 2.00. The minimum Gasteiger partial charge on any atom is -0.295 e. The summed E-state index contributed by atoms with van der Waals surface area (Å²) in [4.78, 5) is 0. The van der Waals surface area contributed by atoms with Crippen LogP contribution in [-0.2, 0) is 0 Å². The SMILES string of the molecule is CCCCNP1C2CCCCC2CC(C)[C@@H]1C. The van der Waals surface area contributed by atoms with E-state index < -0.39 is 0 Å². The molecule has 1 nitrogen and oxygen atoms in total. The average Bonchev–Trinajstić information content (AvgIpc) is 2.34. The van der Waals surface area contributed by atoms with Crippen molar-refractivity contribution in [2.24, 2.45) is 11.8 Å². The summed E-state index contributed by atoms with van der Waals surface area (Å²) in [6, 6.07) is 0. The summed E-state index contributed by atoms with van der Waals surface area (Å²) in [6.45, 7) is 8.57. The van der Waals surface area contributed by atoms with Crippen LogP contribution in [0.2, 0.25) is 0 Å². The van der Waals surface area contributed by atoms with Gasteiger partial charge in [-0.15, -0.1) is 0 Å². The molecule has 0 spiro atoms. The molecule has 0 bridgehead atoms. The molecule has 17 heavy (non-hydrogen) atoms. The van der Waals surface area contributed by atoms with Crippen molar-refractivity contribution in [2.75, 3.05) is 6.54 Å². The summed E-state index contributed by atoms with van der Waals surface area (Å²) < 4.78 is 0. The molecule has 0 radical (unpaired) electrons. The van der Waals surface area contributed by atoms with Crippen LogP contribution < -0.4 is 5.09 Å². The number of hydrogen-bond acceptors (Lipinski definition) is 1. The quantitative estimate of drug-likeness (QED) is 0.564. The Kier molecular flexibility index (Phi) is 5.30. The lowest BCUT2D eigenvalue weighted by atomic mass is 9.81. The van der Waals surface area contributed by atoms with Crippen LogP contribution in [0.3, 0.4) is 0 Å². The van der Waals surface area contributed by atoms with Crippen LogP contribution in [0.15, 0.2) is 0 Å². The molecule has 1 aliphatic carbocycles. The molecule has 1 heterocycles. The van der Waals surface area contributed by atoms with Crippen LogP contribution in [0.25, 0.3) is 0 Å². The Morgan fingerprint density at radius 1 is 1.18 bits per heavy atom. The summed E-state index contributed by atoms with van der Waals surface area (Å²) in [5, 5.41) is 3.97. The zero-order chi connectivity index (χ0) is 12.3. The van der Waals surface area contributed by atoms with Gasteiger partial charge in [-0.05, 0) is 63.5 Å². The van der Waals surface area contributed by atoms with Crippen molar-refractivity contribution < 1.29 is 0 Å². The molecular formula is C15H30NP.